The Bertz CT molecular complexity index is 2170. The van der Waals surface area contributed by atoms with Gasteiger partial charge in [0.25, 0.3) is 23.6 Å². The van der Waals surface area contributed by atoms with Gasteiger partial charge in [0.05, 0.1) is 27.9 Å². The van der Waals surface area contributed by atoms with Gasteiger partial charge in [-0.2, -0.15) is 0 Å². The summed E-state index contributed by atoms with van der Waals surface area (Å²) in [7, 11) is 1.56. The highest BCUT2D eigenvalue weighted by atomic mass is 16.5. The molecule has 290 valence electrons. The number of pyridine rings is 1. The molecule has 3 heterocycles. The van der Waals surface area contributed by atoms with Crippen LogP contribution in [0.15, 0.2) is 72.9 Å². The van der Waals surface area contributed by atoms with Crippen LogP contribution in [0.5, 0.6) is 5.75 Å². The number of Topliss-reactive ketones (excluding diaryl/α,β-unsaturated/α-hetero) is 1. The van der Waals surface area contributed by atoms with E-state index in [0.29, 0.717) is 47.1 Å². The third kappa shape index (κ3) is 9.08. The number of amides is 6. The number of fused-ring (bicyclic) bond motifs is 2. The maximum Gasteiger partial charge on any atom is 0.266 e. The summed E-state index contributed by atoms with van der Waals surface area (Å²) in [5.41, 5.74) is 2.97. The smallest absolute Gasteiger partial charge is 0.266 e. The normalized spacial score (nSPS) is 15.0. The molecule has 14 heteroatoms. The number of piperidine rings is 1. The van der Waals surface area contributed by atoms with Gasteiger partial charge >= 0.3 is 0 Å². The monoisotopic (exact) mass is 760 g/mol. The molecule has 1 fully saturated rings. The Labute approximate surface area is 323 Å². The van der Waals surface area contributed by atoms with Crippen LogP contribution in [-0.2, 0) is 14.4 Å². The van der Waals surface area contributed by atoms with Crippen molar-refractivity contribution in [3.63, 3.8) is 0 Å². The molecule has 1 atom stereocenters. The van der Waals surface area contributed by atoms with Crippen LogP contribution < -0.4 is 26.0 Å². The number of hydrogen-bond acceptors (Lipinski definition) is 10. The highest BCUT2D eigenvalue weighted by molar-refractivity contribution is 6.24. The predicted molar refractivity (Wildman–Crippen MR) is 208 cm³/mol. The summed E-state index contributed by atoms with van der Waals surface area (Å²) in [6.07, 6.45) is 8.20. The van der Waals surface area contributed by atoms with E-state index in [1.165, 1.54) is 18.3 Å². The Morgan fingerprint density at radius 3 is 2.36 bits per heavy atom. The van der Waals surface area contributed by atoms with Gasteiger partial charge in [-0.15, -0.1) is 0 Å². The van der Waals surface area contributed by atoms with Crippen molar-refractivity contribution >= 4 is 63.5 Å². The molecule has 6 rings (SSSR count). The van der Waals surface area contributed by atoms with Crippen LogP contribution in [0.2, 0.25) is 0 Å². The molecule has 0 spiro atoms. The van der Waals surface area contributed by atoms with Gasteiger partial charge in [0, 0.05) is 49.3 Å². The average Bonchev–Trinajstić information content (AvgIpc) is 3.46. The van der Waals surface area contributed by atoms with Gasteiger partial charge < -0.3 is 20.7 Å². The average molecular weight is 761 g/mol. The molecule has 3 aromatic carbocycles. The van der Waals surface area contributed by atoms with Crippen LogP contribution in [0.1, 0.15) is 106 Å². The molecule has 0 bridgehead atoms. The van der Waals surface area contributed by atoms with Gasteiger partial charge in [-0.25, -0.2) is 0 Å². The molecule has 14 nitrogen and oxygen atoms in total. The predicted octanol–water partition coefficient (Wildman–Crippen LogP) is 5.24. The summed E-state index contributed by atoms with van der Waals surface area (Å²) >= 11 is 0. The van der Waals surface area contributed by atoms with Crippen LogP contribution in [0.3, 0.4) is 0 Å². The number of anilines is 2. The number of ketones is 1. The first-order valence-electron chi connectivity index (χ1n) is 18.9. The van der Waals surface area contributed by atoms with Gasteiger partial charge in [0.2, 0.25) is 11.8 Å². The summed E-state index contributed by atoms with van der Waals surface area (Å²) in [6.45, 7) is 0.275. The van der Waals surface area contributed by atoms with E-state index in [1.54, 1.807) is 31.3 Å². The highest BCUT2D eigenvalue weighted by Crippen LogP contribution is 2.34. The van der Waals surface area contributed by atoms with Crippen LogP contribution >= 0.6 is 0 Å². The van der Waals surface area contributed by atoms with E-state index in [1.807, 2.05) is 30.3 Å². The lowest BCUT2D eigenvalue weighted by Crippen LogP contribution is -2.54. The minimum absolute atomic E-state index is 0.0177. The number of nitrogens with one attached hydrogen (secondary N) is 4. The van der Waals surface area contributed by atoms with Gasteiger partial charge in [0.15, 0.2) is 5.78 Å². The first kappa shape index (κ1) is 39.3. The van der Waals surface area contributed by atoms with E-state index < -0.39 is 29.7 Å². The Balaban J connectivity index is 0.883. The Morgan fingerprint density at radius 1 is 0.857 bits per heavy atom. The van der Waals surface area contributed by atoms with E-state index in [9.17, 15) is 33.6 Å². The van der Waals surface area contributed by atoms with Gasteiger partial charge in [0.1, 0.15) is 18.4 Å². The number of imide groups is 2. The molecule has 0 radical (unpaired) electrons. The number of rotatable bonds is 18. The summed E-state index contributed by atoms with van der Waals surface area (Å²) < 4.78 is 5.70. The molecule has 2 aliphatic rings. The van der Waals surface area contributed by atoms with Crippen molar-refractivity contribution in [3.05, 3.63) is 95.2 Å². The van der Waals surface area contributed by atoms with E-state index in [2.05, 4.69) is 26.3 Å². The van der Waals surface area contributed by atoms with Gasteiger partial charge in [-0.3, -0.25) is 48.8 Å². The largest absolute Gasteiger partial charge is 0.485 e. The number of para-hydroxylation sites is 1. The van der Waals surface area contributed by atoms with E-state index >= 15 is 0 Å². The fourth-order valence-corrected chi connectivity index (χ4v) is 6.91. The van der Waals surface area contributed by atoms with Crippen molar-refractivity contribution in [2.45, 2.75) is 70.3 Å². The Kier molecular flexibility index (Phi) is 12.8. The second-order valence-electron chi connectivity index (χ2n) is 13.8. The summed E-state index contributed by atoms with van der Waals surface area (Å²) in [5, 5.41) is 11.8. The first-order chi connectivity index (χ1) is 27.2. The zero-order chi connectivity index (χ0) is 39.6. The van der Waals surface area contributed by atoms with Gasteiger partial charge in [-0.1, -0.05) is 56.4 Å². The van der Waals surface area contributed by atoms with Crippen LogP contribution in [0.25, 0.3) is 10.9 Å². The SMILES string of the molecule is CNC(=O)c1cnc2ccc(C(=O)NCCCCCCCCCC(=O)COc3cccc4c3C(=O)N(C3CCC(=O)NC3=O)C4=O)cc2c1Nc1ccccc1. The van der Waals surface area contributed by atoms with Crippen molar-refractivity contribution in [2.24, 2.45) is 0 Å². The van der Waals surface area contributed by atoms with E-state index in [-0.39, 0.29) is 53.9 Å². The summed E-state index contributed by atoms with van der Waals surface area (Å²) in [5.74, 6) is -2.98. The number of nitrogens with zero attached hydrogens (tertiary/aromatic N) is 2. The number of hydrogen-bond donors (Lipinski definition) is 4. The molecule has 4 aromatic rings. The minimum atomic E-state index is -1.08. The maximum atomic E-state index is 13.2. The van der Waals surface area contributed by atoms with E-state index in [0.717, 1.165) is 49.1 Å². The molecule has 4 N–H and O–H groups in total. The highest BCUT2D eigenvalue weighted by Gasteiger charge is 2.46. The minimum Gasteiger partial charge on any atom is -0.485 e. The first-order valence-corrected chi connectivity index (χ1v) is 18.9. The number of unbranched alkanes of at least 4 members (excludes halogenated alkanes) is 6. The van der Waals surface area contributed by atoms with E-state index in [4.69, 9.17) is 4.74 Å². The Morgan fingerprint density at radius 2 is 1.61 bits per heavy atom. The number of ether oxygens (including phenoxy) is 1. The molecular formula is C42H44N6O8. The second-order valence-corrected chi connectivity index (χ2v) is 13.8. The number of benzene rings is 3. The molecule has 2 aliphatic heterocycles. The third-order valence-corrected chi connectivity index (χ3v) is 9.88. The fraction of sp³-hybridized carbons (Fsp3) is 0.333. The maximum absolute atomic E-state index is 13.2. The van der Waals surface area contributed by atoms with Crippen molar-refractivity contribution in [3.8, 4) is 5.75 Å². The lowest BCUT2D eigenvalue weighted by Gasteiger charge is -2.27. The third-order valence-electron chi connectivity index (χ3n) is 9.88. The molecule has 1 saturated heterocycles. The molecule has 1 aromatic heterocycles. The van der Waals surface area contributed by atoms with Crippen LogP contribution in [-0.4, -0.2) is 77.4 Å². The zero-order valence-electron chi connectivity index (χ0n) is 31.2. The lowest BCUT2D eigenvalue weighted by molar-refractivity contribution is -0.136. The van der Waals surface area contributed by atoms with Gasteiger partial charge in [-0.05, 0) is 61.7 Å². The molecule has 1 unspecified atom stereocenters. The van der Waals surface area contributed by atoms with Crippen molar-refractivity contribution in [1.29, 1.82) is 0 Å². The number of aromatic nitrogens is 1. The quantitative estimate of drug-likeness (QED) is 0.0771. The van der Waals surface area contributed by atoms with Crippen molar-refractivity contribution < 1.29 is 38.3 Å². The fourth-order valence-electron chi connectivity index (χ4n) is 6.91. The topological polar surface area (TPSA) is 193 Å². The van der Waals surface area contributed by atoms with Crippen LogP contribution in [0, 0.1) is 0 Å². The lowest BCUT2D eigenvalue weighted by atomic mass is 10.0. The molecule has 6 amide bonds. The molecule has 56 heavy (non-hydrogen) atoms. The summed E-state index contributed by atoms with van der Waals surface area (Å²) in [6, 6.07) is 18.2. The number of carbonyl (C=O) groups is 7. The van der Waals surface area contributed by atoms with Crippen LogP contribution in [0.4, 0.5) is 11.4 Å². The zero-order valence-corrected chi connectivity index (χ0v) is 31.2. The Hall–Kier alpha value is -6.44. The molecule has 0 saturated carbocycles. The number of carbonyl (C=O) groups excluding carboxylic acids is 7. The molecular weight excluding hydrogens is 716 g/mol. The summed E-state index contributed by atoms with van der Waals surface area (Å²) in [4.78, 5) is 93.8. The van der Waals surface area contributed by atoms with Crippen molar-refractivity contribution in [2.75, 3.05) is 25.5 Å². The standard InChI is InChI=1S/C42H44N6O8/c1-43-39(52)31-24-45-32-19-18-26(23-30(32)37(31)46-27-13-8-7-9-14-27)38(51)44-22-11-6-4-2-3-5-10-15-28(49)25-56-34-17-12-16-29-36(34)42(55)48(41(29)54)33-20-21-35(50)47-40(33)53/h7-9,12-14,16-19,23-24,33H,2-6,10-11,15,20-22,25H2,1H3,(H,43,52)(H,44,51)(H,45,46)(H,47,50,53). The molecule has 0 aliphatic carbocycles. The second kappa shape index (κ2) is 18.3. The van der Waals surface area contributed by atoms with Crippen molar-refractivity contribution in [1.82, 2.24) is 25.8 Å².